The van der Waals surface area contributed by atoms with Gasteiger partial charge in [0.2, 0.25) is 5.89 Å². The lowest BCUT2D eigenvalue weighted by molar-refractivity contribution is 0.623. The molecule has 0 aliphatic heterocycles. The molecular formula is C47H30N2O. The third-order valence-electron chi connectivity index (χ3n) is 9.82. The van der Waals surface area contributed by atoms with E-state index < -0.39 is 0 Å². The second kappa shape index (κ2) is 11.5. The lowest BCUT2D eigenvalue weighted by atomic mass is 9.92. The Labute approximate surface area is 289 Å². The number of anilines is 3. The maximum atomic E-state index is 6.58. The van der Waals surface area contributed by atoms with Crippen LogP contribution in [0.4, 0.5) is 17.1 Å². The Morgan fingerprint density at radius 1 is 0.400 bits per heavy atom. The molecule has 0 saturated carbocycles. The van der Waals surface area contributed by atoms with Crippen LogP contribution in [-0.4, -0.2) is 4.98 Å². The Kier molecular flexibility index (Phi) is 6.49. The van der Waals surface area contributed by atoms with Gasteiger partial charge in [0, 0.05) is 33.4 Å². The van der Waals surface area contributed by atoms with Gasteiger partial charge in [0.1, 0.15) is 5.52 Å². The van der Waals surface area contributed by atoms with Crippen molar-refractivity contribution in [2.45, 2.75) is 0 Å². The van der Waals surface area contributed by atoms with Gasteiger partial charge in [0.25, 0.3) is 0 Å². The molecule has 0 amide bonds. The van der Waals surface area contributed by atoms with Gasteiger partial charge in [-0.1, -0.05) is 127 Å². The van der Waals surface area contributed by atoms with E-state index in [1.165, 1.54) is 37.9 Å². The fourth-order valence-electron chi connectivity index (χ4n) is 7.48. The zero-order chi connectivity index (χ0) is 33.0. The number of nitrogens with zero attached hydrogens (tertiary/aromatic N) is 2. The number of aromatic nitrogens is 1. The number of hydrogen-bond acceptors (Lipinski definition) is 3. The van der Waals surface area contributed by atoms with Crippen molar-refractivity contribution in [1.29, 1.82) is 0 Å². The molecule has 0 unspecified atom stereocenters. The van der Waals surface area contributed by atoms with Crippen molar-refractivity contribution in [1.82, 2.24) is 4.98 Å². The number of para-hydroxylation sites is 1. The predicted octanol–water partition coefficient (Wildman–Crippen LogP) is 13.2. The van der Waals surface area contributed by atoms with Gasteiger partial charge in [0.15, 0.2) is 5.58 Å². The molecule has 1 heterocycles. The molecule has 0 radical (unpaired) electrons. The molecule has 3 heteroatoms. The topological polar surface area (TPSA) is 29.3 Å². The van der Waals surface area contributed by atoms with Gasteiger partial charge in [-0.3, -0.25) is 0 Å². The number of fused-ring (bicyclic) bond motifs is 8. The zero-order valence-electron chi connectivity index (χ0n) is 27.1. The molecule has 10 aromatic rings. The fourth-order valence-corrected chi connectivity index (χ4v) is 7.48. The number of hydrogen-bond donors (Lipinski definition) is 0. The van der Waals surface area contributed by atoms with Crippen molar-refractivity contribution in [2.24, 2.45) is 0 Å². The van der Waals surface area contributed by atoms with Crippen LogP contribution in [0.25, 0.3) is 76.8 Å². The molecule has 3 nitrogen and oxygen atoms in total. The summed E-state index contributed by atoms with van der Waals surface area (Å²) in [5, 5.41) is 9.41. The Balaban J connectivity index is 1.17. The van der Waals surface area contributed by atoms with E-state index in [1.54, 1.807) is 0 Å². The van der Waals surface area contributed by atoms with Crippen molar-refractivity contribution in [3.8, 4) is 22.6 Å². The minimum atomic E-state index is 0.636. The summed E-state index contributed by atoms with van der Waals surface area (Å²) in [6.45, 7) is 0. The molecule has 0 atom stereocenters. The molecule has 50 heavy (non-hydrogen) atoms. The van der Waals surface area contributed by atoms with Gasteiger partial charge in [-0.15, -0.1) is 0 Å². The van der Waals surface area contributed by atoms with Crippen molar-refractivity contribution in [2.75, 3.05) is 4.90 Å². The zero-order valence-corrected chi connectivity index (χ0v) is 27.1. The van der Waals surface area contributed by atoms with Gasteiger partial charge in [-0.05, 0) is 98.0 Å². The molecule has 0 fully saturated rings. The maximum Gasteiger partial charge on any atom is 0.227 e. The lowest BCUT2D eigenvalue weighted by Gasteiger charge is -2.26. The smallest absolute Gasteiger partial charge is 0.227 e. The summed E-state index contributed by atoms with van der Waals surface area (Å²) in [7, 11) is 0. The van der Waals surface area contributed by atoms with Crippen LogP contribution in [-0.2, 0) is 0 Å². The van der Waals surface area contributed by atoms with Crippen LogP contribution < -0.4 is 4.90 Å². The van der Waals surface area contributed by atoms with E-state index in [-0.39, 0.29) is 0 Å². The largest absolute Gasteiger partial charge is 0.435 e. The highest BCUT2D eigenvalue weighted by Crippen LogP contribution is 2.42. The summed E-state index contributed by atoms with van der Waals surface area (Å²) >= 11 is 0. The minimum absolute atomic E-state index is 0.636. The first kappa shape index (κ1) is 28.3. The molecule has 9 aromatic carbocycles. The molecule has 0 N–H and O–H groups in total. The molecule has 0 saturated heterocycles. The van der Waals surface area contributed by atoms with Gasteiger partial charge in [-0.25, -0.2) is 4.98 Å². The first-order chi connectivity index (χ1) is 24.8. The average Bonchev–Trinajstić information content (AvgIpc) is 3.63. The van der Waals surface area contributed by atoms with Crippen molar-refractivity contribution >= 4 is 71.3 Å². The summed E-state index contributed by atoms with van der Waals surface area (Å²) in [6.07, 6.45) is 0. The van der Waals surface area contributed by atoms with Crippen LogP contribution in [0.2, 0.25) is 0 Å². The second-order valence-electron chi connectivity index (χ2n) is 12.8. The van der Waals surface area contributed by atoms with E-state index in [2.05, 4.69) is 157 Å². The van der Waals surface area contributed by atoms with E-state index in [0.717, 1.165) is 50.1 Å². The van der Waals surface area contributed by atoms with Crippen LogP contribution >= 0.6 is 0 Å². The van der Waals surface area contributed by atoms with Crippen molar-refractivity contribution in [3.63, 3.8) is 0 Å². The van der Waals surface area contributed by atoms with E-state index >= 15 is 0 Å². The minimum Gasteiger partial charge on any atom is -0.435 e. The van der Waals surface area contributed by atoms with E-state index in [9.17, 15) is 0 Å². The SMILES string of the molecule is c1ccc(-c2nc3ccc4ccc5ccc6c(-c7cccc(N(c8ccccc8)c8ccc9ccccc9c8)c7)cccc6c5c4c3o2)cc1. The van der Waals surface area contributed by atoms with E-state index in [0.29, 0.717) is 5.89 Å². The first-order valence-electron chi connectivity index (χ1n) is 17.0. The maximum absolute atomic E-state index is 6.58. The lowest BCUT2D eigenvalue weighted by Crippen LogP contribution is -2.09. The average molecular weight is 639 g/mol. The van der Waals surface area contributed by atoms with Crippen molar-refractivity contribution < 1.29 is 4.42 Å². The number of oxazole rings is 1. The third-order valence-corrected chi connectivity index (χ3v) is 9.82. The molecule has 0 aliphatic rings. The van der Waals surface area contributed by atoms with Crippen molar-refractivity contribution in [3.05, 3.63) is 182 Å². The predicted molar refractivity (Wildman–Crippen MR) is 210 cm³/mol. The Morgan fingerprint density at radius 3 is 1.90 bits per heavy atom. The molecule has 0 aliphatic carbocycles. The summed E-state index contributed by atoms with van der Waals surface area (Å²) in [5.74, 6) is 0.636. The van der Waals surface area contributed by atoms with Gasteiger partial charge < -0.3 is 9.32 Å². The monoisotopic (exact) mass is 638 g/mol. The highest BCUT2D eigenvalue weighted by Gasteiger charge is 2.18. The van der Waals surface area contributed by atoms with Crippen LogP contribution in [0.3, 0.4) is 0 Å². The summed E-state index contributed by atoms with van der Waals surface area (Å²) < 4.78 is 6.58. The molecule has 1 aromatic heterocycles. The van der Waals surface area contributed by atoms with Gasteiger partial charge >= 0.3 is 0 Å². The summed E-state index contributed by atoms with van der Waals surface area (Å²) in [4.78, 5) is 7.25. The third kappa shape index (κ3) is 4.63. The van der Waals surface area contributed by atoms with Gasteiger partial charge in [0.05, 0.1) is 0 Å². The second-order valence-corrected chi connectivity index (χ2v) is 12.8. The highest BCUT2D eigenvalue weighted by atomic mass is 16.3. The van der Waals surface area contributed by atoms with Crippen LogP contribution in [0.5, 0.6) is 0 Å². The molecule has 0 bridgehead atoms. The quantitative estimate of drug-likeness (QED) is 0.176. The van der Waals surface area contributed by atoms with Crippen LogP contribution in [0, 0.1) is 0 Å². The Morgan fingerprint density at radius 2 is 1.04 bits per heavy atom. The summed E-state index contributed by atoms with van der Waals surface area (Å²) in [6, 6.07) is 64.6. The molecule has 10 rings (SSSR count). The number of benzene rings is 9. The van der Waals surface area contributed by atoms with Crippen LogP contribution in [0.15, 0.2) is 186 Å². The standard InChI is InChI=1S/C47H30N2O/c1-3-12-34(13-4-1)47-48-43-28-25-33-22-21-32-24-27-41-40(19-10-20-42(41)44(32)45(33)46(43)50-47)36-15-9-18-38(30-36)49(37-16-5-2-6-17-37)39-26-23-31-11-7-8-14-35(31)29-39/h1-30H. The molecule has 234 valence electrons. The van der Waals surface area contributed by atoms with Crippen LogP contribution in [0.1, 0.15) is 0 Å². The number of rotatable bonds is 5. The molecule has 0 spiro atoms. The highest BCUT2D eigenvalue weighted by molar-refractivity contribution is 6.27. The fraction of sp³-hybridized carbons (Fsp3) is 0. The summed E-state index contributed by atoms with van der Waals surface area (Å²) in [5.41, 5.74) is 8.33. The first-order valence-corrected chi connectivity index (χ1v) is 17.0. The van der Waals surface area contributed by atoms with Gasteiger partial charge in [-0.2, -0.15) is 0 Å². The normalized spacial score (nSPS) is 11.6. The molecular weight excluding hydrogens is 609 g/mol. The Hall–Kier alpha value is -6.71. The van der Waals surface area contributed by atoms with E-state index in [4.69, 9.17) is 9.40 Å². The van der Waals surface area contributed by atoms with E-state index in [1.807, 2.05) is 30.3 Å². The Bertz CT molecular complexity index is 2870.